The van der Waals surface area contributed by atoms with E-state index in [0.29, 0.717) is 25.6 Å². The fourth-order valence-electron chi connectivity index (χ4n) is 5.19. The molecule has 1 aromatic carbocycles. The van der Waals surface area contributed by atoms with Gasteiger partial charge in [0.05, 0.1) is 11.3 Å². The lowest BCUT2D eigenvalue weighted by atomic mass is 9.80. The van der Waals surface area contributed by atoms with Crippen molar-refractivity contribution in [3.8, 4) is 0 Å². The van der Waals surface area contributed by atoms with Gasteiger partial charge < -0.3 is 14.4 Å². The number of aryl methyl sites for hydroxylation is 1. The van der Waals surface area contributed by atoms with Crippen LogP contribution in [0.3, 0.4) is 0 Å². The van der Waals surface area contributed by atoms with Gasteiger partial charge in [-0.25, -0.2) is 0 Å². The summed E-state index contributed by atoms with van der Waals surface area (Å²) in [5, 5.41) is 3.00. The van der Waals surface area contributed by atoms with Crippen LogP contribution in [0.4, 0.5) is 0 Å². The third-order valence-electron chi connectivity index (χ3n) is 6.72. The van der Waals surface area contributed by atoms with Gasteiger partial charge in [0.2, 0.25) is 5.91 Å². The number of hydrogen-bond donors (Lipinski definition) is 1. The smallest absolute Gasteiger partial charge is 0.241 e. The molecule has 4 rings (SSSR count). The number of ether oxygens (including phenoxy) is 2. The topological polar surface area (TPSA) is 67.9 Å². The molecule has 4 atom stereocenters. The molecular formula is C24H34N2O4S. The predicted molar refractivity (Wildman–Crippen MR) is 122 cm³/mol. The van der Waals surface area contributed by atoms with Gasteiger partial charge in [0.25, 0.3) is 0 Å². The number of nitrogens with zero attached hydrogens (tertiary/aromatic N) is 1. The Balaban J connectivity index is 1.45. The summed E-state index contributed by atoms with van der Waals surface area (Å²) < 4.78 is 11.6. The highest BCUT2D eigenvalue weighted by Gasteiger charge is 2.46. The number of nitrogens with one attached hydrogen (secondary N) is 1. The molecule has 0 spiro atoms. The Morgan fingerprint density at radius 1 is 1.16 bits per heavy atom. The highest BCUT2D eigenvalue weighted by atomic mass is 32.2. The Labute approximate surface area is 189 Å². The van der Waals surface area contributed by atoms with E-state index in [1.807, 2.05) is 24.8 Å². The van der Waals surface area contributed by atoms with Gasteiger partial charge in [0.15, 0.2) is 12.1 Å². The molecule has 2 saturated heterocycles. The molecule has 0 aromatic heterocycles. The number of hydrogen-bond acceptors (Lipinski definition) is 6. The maximum Gasteiger partial charge on any atom is 0.241 e. The number of Topliss-reactive ketones (excluding diaryl/α,β-unsaturated/α-hetero) is 1. The second-order valence-electron chi connectivity index (χ2n) is 8.54. The molecule has 0 bridgehead atoms. The lowest BCUT2D eigenvalue weighted by Gasteiger charge is -2.34. The van der Waals surface area contributed by atoms with Crippen molar-refractivity contribution in [2.45, 2.75) is 69.6 Å². The Morgan fingerprint density at radius 3 is 2.65 bits per heavy atom. The largest absolute Gasteiger partial charge is 0.351 e. The molecule has 1 aliphatic carbocycles. The van der Waals surface area contributed by atoms with E-state index in [1.54, 1.807) is 11.8 Å². The van der Waals surface area contributed by atoms with Gasteiger partial charge in [-0.2, -0.15) is 0 Å². The summed E-state index contributed by atoms with van der Waals surface area (Å²) in [6, 6.07) is 7.86. The number of thioether (sulfide) groups is 1. The van der Waals surface area contributed by atoms with E-state index >= 15 is 0 Å². The molecule has 1 aromatic rings. The van der Waals surface area contributed by atoms with Crippen LogP contribution in [0.25, 0.3) is 0 Å². The maximum atomic E-state index is 13.6. The molecule has 1 N–H and O–H groups in total. The highest BCUT2D eigenvalue weighted by Crippen LogP contribution is 2.33. The molecule has 0 radical (unpaired) electrons. The molecule has 7 heteroatoms. The molecule has 2 aliphatic heterocycles. The first-order chi connectivity index (χ1) is 15.1. The summed E-state index contributed by atoms with van der Waals surface area (Å²) in [6.45, 7) is 5.68. The van der Waals surface area contributed by atoms with Gasteiger partial charge in [0, 0.05) is 31.6 Å². The van der Waals surface area contributed by atoms with Crippen molar-refractivity contribution in [2.75, 3.05) is 25.6 Å². The minimum atomic E-state index is -0.459. The highest BCUT2D eigenvalue weighted by molar-refractivity contribution is 8.00. The van der Waals surface area contributed by atoms with Crippen molar-refractivity contribution in [2.24, 2.45) is 5.92 Å². The number of ketones is 1. The number of fused-ring (bicyclic) bond motifs is 1. The first-order valence-corrected chi connectivity index (χ1v) is 12.7. The van der Waals surface area contributed by atoms with Crippen LogP contribution in [-0.4, -0.2) is 65.8 Å². The SMILES string of the molecule is CCOC(OCC)[C@@H]1CCCN1C(=O)[C@H]1NCSC1C(=O)[C@H]1CCc2ccccc2C1. The molecule has 6 nitrogen and oxygen atoms in total. The summed E-state index contributed by atoms with van der Waals surface area (Å²) >= 11 is 1.58. The summed E-state index contributed by atoms with van der Waals surface area (Å²) in [5.41, 5.74) is 2.64. The number of rotatable bonds is 8. The number of amides is 1. The quantitative estimate of drug-likeness (QED) is 0.620. The lowest BCUT2D eigenvalue weighted by molar-refractivity contribution is -0.175. The van der Waals surface area contributed by atoms with Gasteiger partial charge in [0.1, 0.15) is 6.04 Å². The monoisotopic (exact) mass is 446 g/mol. The third-order valence-corrected chi connectivity index (χ3v) is 7.92. The number of likely N-dealkylation sites (tertiary alicyclic amines) is 1. The van der Waals surface area contributed by atoms with Crippen LogP contribution in [-0.2, 0) is 31.9 Å². The van der Waals surface area contributed by atoms with Gasteiger partial charge in [-0.15, -0.1) is 11.8 Å². The minimum absolute atomic E-state index is 0.00317. The molecule has 2 fully saturated rings. The van der Waals surface area contributed by atoms with Crippen LogP contribution in [0.2, 0.25) is 0 Å². The van der Waals surface area contributed by atoms with Crippen LogP contribution in [0.5, 0.6) is 0 Å². The first kappa shape index (κ1) is 22.8. The van der Waals surface area contributed by atoms with Crippen LogP contribution in [0.1, 0.15) is 44.2 Å². The van der Waals surface area contributed by atoms with Crippen molar-refractivity contribution in [3.63, 3.8) is 0 Å². The second-order valence-corrected chi connectivity index (χ2v) is 9.67. The second kappa shape index (κ2) is 10.5. The van der Waals surface area contributed by atoms with Gasteiger partial charge in [-0.3, -0.25) is 14.9 Å². The Bertz CT molecular complexity index is 783. The zero-order chi connectivity index (χ0) is 21.8. The van der Waals surface area contributed by atoms with E-state index in [1.165, 1.54) is 11.1 Å². The van der Waals surface area contributed by atoms with Gasteiger partial charge in [-0.1, -0.05) is 24.3 Å². The molecular weight excluding hydrogens is 412 g/mol. The van der Waals surface area contributed by atoms with Crippen molar-refractivity contribution in [3.05, 3.63) is 35.4 Å². The Hall–Kier alpha value is -1.41. The summed E-state index contributed by atoms with van der Waals surface area (Å²) in [5.74, 6) is 0.877. The van der Waals surface area contributed by atoms with E-state index in [0.717, 1.165) is 32.1 Å². The summed E-state index contributed by atoms with van der Waals surface area (Å²) in [4.78, 5) is 28.9. The fraction of sp³-hybridized carbons (Fsp3) is 0.667. The number of carbonyl (C=O) groups excluding carboxylic acids is 2. The normalized spacial score (nSPS) is 28.2. The van der Waals surface area contributed by atoms with E-state index in [9.17, 15) is 9.59 Å². The standard InChI is InChI=1S/C24H34N2O4S/c1-3-29-24(30-4-2)19-10-7-13-26(19)23(28)20-22(31-15-25-20)21(27)18-12-11-16-8-5-6-9-17(16)14-18/h5-6,8-9,18-20,22,24-25H,3-4,7,10-15H2,1-2H3/t18-,19-,20-,22?/m0/s1. The van der Waals surface area contributed by atoms with E-state index in [-0.39, 0.29) is 28.9 Å². The molecule has 1 unspecified atom stereocenters. The molecule has 1 amide bonds. The van der Waals surface area contributed by atoms with Crippen molar-refractivity contribution in [1.29, 1.82) is 0 Å². The zero-order valence-corrected chi connectivity index (χ0v) is 19.4. The van der Waals surface area contributed by atoms with Gasteiger partial charge in [-0.05, 0) is 57.1 Å². The van der Waals surface area contributed by atoms with Crippen LogP contribution in [0, 0.1) is 5.92 Å². The lowest BCUT2D eigenvalue weighted by Crippen LogP contribution is -2.54. The zero-order valence-electron chi connectivity index (χ0n) is 18.5. The van der Waals surface area contributed by atoms with Crippen molar-refractivity contribution < 1.29 is 19.1 Å². The molecule has 3 aliphatic rings. The summed E-state index contributed by atoms with van der Waals surface area (Å²) in [6.07, 6.45) is 4.00. The van der Waals surface area contributed by atoms with Crippen LogP contribution >= 0.6 is 11.8 Å². The average Bonchev–Trinajstić information content (AvgIpc) is 3.47. The van der Waals surface area contributed by atoms with Crippen LogP contribution < -0.4 is 5.32 Å². The Morgan fingerprint density at radius 2 is 1.90 bits per heavy atom. The number of carbonyl (C=O) groups is 2. The predicted octanol–water partition coefficient (Wildman–Crippen LogP) is 2.78. The fourth-order valence-corrected chi connectivity index (χ4v) is 6.41. The minimum Gasteiger partial charge on any atom is -0.351 e. The first-order valence-electron chi connectivity index (χ1n) is 11.6. The van der Waals surface area contributed by atoms with E-state index in [2.05, 4.69) is 23.5 Å². The average molecular weight is 447 g/mol. The molecule has 2 heterocycles. The van der Waals surface area contributed by atoms with E-state index < -0.39 is 12.3 Å². The number of benzene rings is 1. The Kier molecular flexibility index (Phi) is 7.69. The third kappa shape index (κ3) is 4.85. The molecule has 0 saturated carbocycles. The van der Waals surface area contributed by atoms with E-state index in [4.69, 9.17) is 9.47 Å². The molecule has 170 valence electrons. The molecule has 31 heavy (non-hydrogen) atoms. The summed E-state index contributed by atoms with van der Waals surface area (Å²) in [7, 11) is 0. The maximum absolute atomic E-state index is 13.6. The van der Waals surface area contributed by atoms with Crippen molar-refractivity contribution in [1.82, 2.24) is 10.2 Å². The van der Waals surface area contributed by atoms with Crippen molar-refractivity contribution >= 4 is 23.5 Å². The van der Waals surface area contributed by atoms with Gasteiger partial charge >= 0.3 is 0 Å². The van der Waals surface area contributed by atoms with Crippen LogP contribution in [0.15, 0.2) is 24.3 Å².